The fourth-order valence-electron chi connectivity index (χ4n) is 1.25. The zero-order valence-electron chi connectivity index (χ0n) is 9.54. The van der Waals surface area contributed by atoms with Gasteiger partial charge >= 0.3 is 0 Å². The summed E-state index contributed by atoms with van der Waals surface area (Å²) in [5.74, 6) is 5.22. The largest absolute Gasteiger partial charge is 0.398 e. The van der Waals surface area contributed by atoms with Crippen LogP contribution >= 0.6 is 11.6 Å². The van der Waals surface area contributed by atoms with E-state index in [0.717, 1.165) is 0 Å². The zero-order valence-corrected chi connectivity index (χ0v) is 11.1. The van der Waals surface area contributed by atoms with Crippen molar-refractivity contribution in [2.75, 3.05) is 12.3 Å². The maximum atomic E-state index is 11.9. The molecule has 4 nitrogen and oxygen atoms in total. The number of nitrogens with one attached hydrogen (secondary N) is 1. The molecule has 1 aromatic rings. The van der Waals surface area contributed by atoms with E-state index in [1.54, 1.807) is 13.8 Å². The molecule has 0 bridgehead atoms. The number of nitrogens with two attached hydrogens (primary N) is 1. The van der Waals surface area contributed by atoms with Crippen LogP contribution in [0.4, 0.5) is 5.69 Å². The van der Waals surface area contributed by atoms with Gasteiger partial charge in [0.25, 0.3) is 0 Å². The number of hydrogen-bond acceptors (Lipinski definition) is 3. The van der Waals surface area contributed by atoms with E-state index in [0.29, 0.717) is 11.3 Å². The van der Waals surface area contributed by atoms with Gasteiger partial charge in [-0.15, -0.1) is 5.92 Å². The van der Waals surface area contributed by atoms with Crippen LogP contribution in [0, 0.1) is 18.8 Å². The maximum absolute atomic E-state index is 11.9. The minimum Gasteiger partial charge on any atom is -0.398 e. The second-order valence-corrected chi connectivity index (χ2v) is 5.54. The highest BCUT2D eigenvalue weighted by molar-refractivity contribution is 7.89. The fraction of sp³-hybridized carbons (Fsp3) is 0.273. The second kappa shape index (κ2) is 5.41. The summed E-state index contributed by atoms with van der Waals surface area (Å²) in [5.41, 5.74) is 6.49. The van der Waals surface area contributed by atoms with Crippen LogP contribution in [0.1, 0.15) is 12.5 Å². The molecule has 92 valence electrons. The van der Waals surface area contributed by atoms with Crippen molar-refractivity contribution in [2.24, 2.45) is 0 Å². The van der Waals surface area contributed by atoms with Crippen LogP contribution in [0.25, 0.3) is 0 Å². The van der Waals surface area contributed by atoms with Crippen LogP contribution < -0.4 is 10.5 Å². The molecule has 1 rings (SSSR count). The van der Waals surface area contributed by atoms with Gasteiger partial charge in [-0.3, -0.25) is 0 Å². The van der Waals surface area contributed by atoms with E-state index in [4.69, 9.17) is 17.3 Å². The lowest BCUT2D eigenvalue weighted by atomic mass is 10.2. The molecular weight excluding hydrogens is 260 g/mol. The molecule has 0 saturated carbocycles. The number of hydrogen-bond donors (Lipinski definition) is 2. The molecule has 0 amide bonds. The molecule has 0 saturated heterocycles. The fourth-order valence-corrected chi connectivity index (χ4v) is 2.76. The molecule has 3 N–H and O–H groups in total. The molecule has 17 heavy (non-hydrogen) atoms. The summed E-state index contributed by atoms with van der Waals surface area (Å²) in [6, 6.07) is 2.89. The van der Waals surface area contributed by atoms with Crippen LogP contribution in [-0.2, 0) is 10.0 Å². The Morgan fingerprint density at radius 1 is 1.47 bits per heavy atom. The average molecular weight is 273 g/mol. The number of sulfonamides is 1. The van der Waals surface area contributed by atoms with Crippen LogP contribution in [0.15, 0.2) is 17.0 Å². The number of anilines is 1. The number of halogens is 1. The van der Waals surface area contributed by atoms with Gasteiger partial charge in [-0.25, -0.2) is 8.42 Å². The first-order valence-electron chi connectivity index (χ1n) is 4.83. The lowest BCUT2D eigenvalue weighted by Crippen LogP contribution is -2.25. The Hall–Kier alpha value is -1.22. The highest BCUT2D eigenvalue weighted by Gasteiger charge is 2.18. The first kappa shape index (κ1) is 13.8. The van der Waals surface area contributed by atoms with E-state index in [1.807, 2.05) is 0 Å². The summed E-state index contributed by atoms with van der Waals surface area (Å²) in [5, 5.41) is 0.287. The van der Waals surface area contributed by atoms with Crippen molar-refractivity contribution >= 4 is 27.3 Å². The number of benzene rings is 1. The second-order valence-electron chi connectivity index (χ2n) is 3.37. The van der Waals surface area contributed by atoms with Gasteiger partial charge < -0.3 is 5.73 Å². The third-order valence-corrected chi connectivity index (χ3v) is 3.93. The Balaban J connectivity index is 3.18. The van der Waals surface area contributed by atoms with Crippen LogP contribution in [0.2, 0.25) is 5.02 Å². The van der Waals surface area contributed by atoms with Crippen LogP contribution in [0.5, 0.6) is 0 Å². The molecule has 1 aromatic carbocycles. The molecule has 0 aliphatic carbocycles. The minimum atomic E-state index is -3.63. The van der Waals surface area contributed by atoms with E-state index in [-0.39, 0.29) is 16.5 Å². The lowest BCUT2D eigenvalue weighted by Gasteiger charge is -2.10. The molecule has 0 radical (unpaired) electrons. The van der Waals surface area contributed by atoms with Gasteiger partial charge in [0.2, 0.25) is 10.0 Å². The summed E-state index contributed by atoms with van der Waals surface area (Å²) in [7, 11) is -3.63. The lowest BCUT2D eigenvalue weighted by molar-refractivity contribution is 0.585. The quantitative estimate of drug-likeness (QED) is 0.647. The Morgan fingerprint density at radius 3 is 2.71 bits per heavy atom. The number of nitrogen functional groups attached to an aromatic ring is 1. The van der Waals surface area contributed by atoms with Gasteiger partial charge in [0.1, 0.15) is 0 Å². The van der Waals surface area contributed by atoms with E-state index >= 15 is 0 Å². The summed E-state index contributed by atoms with van der Waals surface area (Å²) in [6.07, 6.45) is 0. The smallest absolute Gasteiger partial charge is 0.241 e. The molecular formula is C11H13ClN2O2S. The highest BCUT2D eigenvalue weighted by atomic mass is 35.5. The average Bonchev–Trinajstić information content (AvgIpc) is 2.23. The normalized spacial score (nSPS) is 10.8. The van der Waals surface area contributed by atoms with Gasteiger partial charge in [0, 0.05) is 10.7 Å². The number of rotatable bonds is 3. The molecule has 6 heteroatoms. The van der Waals surface area contributed by atoms with Gasteiger partial charge in [0.05, 0.1) is 11.4 Å². The first-order valence-corrected chi connectivity index (χ1v) is 6.69. The Bertz CT molecular complexity index is 585. The summed E-state index contributed by atoms with van der Waals surface area (Å²) in [6.45, 7) is 3.33. The van der Waals surface area contributed by atoms with Crippen molar-refractivity contribution in [3.8, 4) is 11.8 Å². The van der Waals surface area contributed by atoms with Crippen molar-refractivity contribution in [3.63, 3.8) is 0 Å². The molecule has 0 fully saturated rings. The third kappa shape index (κ3) is 3.37. The molecule has 0 unspecified atom stereocenters. The maximum Gasteiger partial charge on any atom is 0.241 e. The molecule has 0 spiro atoms. The molecule has 0 atom stereocenters. The Labute approximate surface area is 106 Å². The summed E-state index contributed by atoms with van der Waals surface area (Å²) < 4.78 is 26.2. The predicted octanol–water partition coefficient (Wildman–Crippen LogP) is 1.53. The van der Waals surface area contributed by atoms with E-state index in [2.05, 4.69) is 16.6 Å². The molecule has 0 aliphatic rings. The molecule has 0 aliphatic heterocycles. The minimum absolute atomic E-state index is 0.0602. The topological polar surface area (TPSA) is 72.2 Å². The van der Waals surface area contributed by atoms with Crippen LogP contribution in [0.3, 0.4) is 0 Å². The van der Waals surface area contributed by atoms with Crippen molar-refractivity contribution in [3.05, 3.63) is 22.7 Å². The van der Waals surface area contributed by atoms with E-state index < -0.39 is 10.0 Å². The van der Waals surface area contributed by atoms with Crippen molar-refractivity contribution in [2.45, 2.75) is 18.7 Å². The Kier molecular flexibility index (Phi) is 4.40. The van der Waals surface area contributed by atoms with E-state index in [1.165, 1.54) is 12.1 Å². The van der Waals surface area contributed by atoms with Gasteiger partial charge in [0.15, 0.2) is 0 Å². The zero-order chi connectivity index (χ0) is 13.1. The van der Waals surface area contributed by atoms with Crippen molar-refractivity contribution in [1.29, 1.82) is 0 Å². The summed E-state index contributed by atoms with van der Waals surface area (Å²) in [4.78, 5) is 0.0837. The van der Waals surface area contributed by atoms with Crippen molar-refractivity contribution in [1.82, 2.24) is 4.72 Å². The van der Waals surface area contributed by atoms with Gasteiger partial charge in [-0.1, -0.05) is 17.5 Å². The van der Waals surface area contributed by atoms with Gasteiger partial charge in [-0.2, -0.15) is 4.72 Å². The van der Waals surface area contributed by atoms with Gasteiger partial charge in [-0.05, 0) is 31.5 Å². The van der Waals surface area contributed by atoms with Crippen LogP contribution in [-0.4, -0.2) is 15.0 Å². The third-order valence-electron chi connectivity index (χ3n) is 2.18. The summed E-state index contributed by atoms with van der Waals surface area (Å²) >= 11 is 5.79. The first-order chi connectivity index (χ1) is 7.88. The predicted molar refractivity (Wildman–Crippen MR) is 69.2 cm³/mol. The standard InChI is InChI=1S/C11H13ClN2O2S/c1-3-4-5-14-17(15,16)11-7-9(12)6-10(13)8(11)2/h6-7,14H,5,13H2,1-2H3. The highest BCUT2D eigenvalue weighted by Crippen LogP contribution is 2.25. The molecule has 0 aromatic heterocycles. The molecule has 0 heterocycles. The SMILES string of the molecule is CC#CCNS(=O)(=O)c1cc(Cl)cc(N)c1C. The van der Waals surface area contributed by atoms with E-state index in [9.17, 15) is 8.42 Å². The monoisotopic (exact) mass is 272 g/mol. The van der Waals surface area contributed by atoms with Crippen molar-refractivity contribution < 1.29 is 8.42 Å². The Morgan fingerprint density at radius 2 is 2.12 bits per heavy atom.